The predicted molar refractivity (Wildman–Crippen MR) is 64.0 cm³/mol. The highest BCUT2D eigenvalue weighted by molar-refractivity contribution is 5.25. The van der Waals surface area contributed by atoms with Crippen molar-refractivity contribution in [2.75, 3.05) is 6.54 Å². The summed E-state index contributed by atoms with van der Waals surface area (Å²) in [4.78, 5) is 0. The van der Waals surface area contributed by atoms with Crippen LogP contribution in [0.25, 0.3) is 0 Å². The van der Waals surface area contributed by atoms with Crippen molar-refractivity contribution in [3.05, 3.63) is 17.5 Å². The first-order chi connectivity index (χ1) is 7.00. The van der Waals surface area contributed by atoms with Crippen molar-refractivity contribution in [1.29, 1.82) is 0 Å². The minimum atomic E-state index is 0.149. The Labute approximate surface area is 92.7 Å². The summed E-state index contributed by atoms with van der Waals surface area (Å²) in [5.41, 5.74) is 8.41. The summed E-state index contributed by atoms with van der Waals surface area (Å²) in [6.45, 7) is 10.6. The van der Waals surface area contributed by atoms with Gasteiger partial charge in [-0.2, -0.15) is 5.10 Å². The quantitative estimate of drug-likeness (QED) is 0.825. The average Bonchev–Trinajstić information content (AvgIpc) is 2.48. The lowest BCUT2D eigenvalue weighted by Gasteiger charge is -2.22. The normalized spacial score (nSPS) is 12.1. The number of hydrogen-bond acceptors (Lipinski definition) is 2. The van der Waals surface area contributed by atoms with Crippen LogP contribution in [0.2, 0.25) is 0 Å². The molecule has 0 saturated heterocycles. The molecule has 0 unspecified atom stereocenters. The Hall–Kier alpha value is -0.830. The van der Waals surface area contributed by atoms with Crippen molar-refractivity contribution < 1.29 is 0 Å². The smallest absolute Gasteiger partial charge is 0.0525 e. The van der Waals surface area contributed by atoms with Crippen LogP contribution in [0.5, 0.6) is 0 Å². The summed E-state index contributed by atoms with van der Waals surface area (Å²) in [6.07, 6.45) is 4.02. The molecular weight excluding hydrogens is 186 g/mol. The highest BCUT2D eigenvalue weighted by Gasteiger charge is 2.22. The van der Waals surface area contributed by atoms with E-state index in [1.165, 1.54) is 11.3 Å². The SMILES string of the molecule is CCCn1ncc(CCN)c1C(C)(C)C. The molecule has 3 nitrogen and oxygen atoms in total. The Morgan fingerprint density at radius 2 is 2.07 bits per heavy atom. The summed E-state index contributed by atoms with van der Waals surface area (Å²) in [5, 5.41) is 4.45. The van der Waals surface area contributed by atoms with Gasteiger partial charge in [0.05, 0.1) is 6.20 Å². The van der Waals surface area contributed by atoms with Crippen LogP contribution in [0.4, 0.5) is 0 Å². The summed E-state index contributed by atoms with van der Waals surface area (Å²) in [7, 11) is 0. The molecule has 2 N–H and O–H groups in total. The zero-order valence-corrected chi connectivity index (χ0v) is 10.4. The van der Waals surface area contributed by atoms with Gasteiger partial charge in [0.2, 0.25) is 0 Å². The molecule has 0 saturated carbocycles. The van der Waals surface area contributed by atoms with E-state index in [4.69, 9.17) is 5.73 Å². The molecule has 0 radical (unpaired) electrons. The van der Waals surface area contributed by atoms with Gasteiger partial charge in [0.15, 0.2) is 0 Å². The van der Waals surface area contributed by atoms with E-state index in [-0.39, 0.29) is 5.41 Å². The van der Waals surface area contributed by atoms with E-state index in [0.29, 0.717) is 6.54 Å². The molecule has 1 aromatic heterocycles. The summed E-state index contributed by atoms with van der Waals surface area (Å²) in [6, 6.07) is 0. The second kappa shape index (κ2) is 4.79. The van der Waals surface area contributed by atoms with Crippen molar-refractivity contribution in [3.8, 4) is 0 Å². The van der Waals surface area contributed by atoms with Gasteiger partial charge in [-0.3, -0.25) is 4.68 Å². The van der Waals surface area contributed by atoms with Crippen molar-refractivity contribution in [3.63, 3.8) is 0 Å². The van der Waals surface area contributed by atoms with Crippen LogP contribution < -0.4 is 5.73 Å². The number of nitrogens with zero attached hydrogens (tertiary/aromatic N) is 2. The van der Waals surface area contributed by atoms with Crippen LogP contribution in [0.3, 0.4) is 0 Å². The van der Waals surface area contributed by atoms with Crippen molar-refractivity contribution in [1.82, 2.24) is 9.78 Å². The lowest BCUT2D eigenvalue weighted by atomic mass is 9.88. The fourth-order valence-electron chi connectivity index (χ4n) is 2.01. The lowest BCUT2D eigenvalue weighted by molar-refractivity contribution is 0.478. The average molecular weight is 209 g/mol. The third kappa shape index (κ3) is 2.81. The van der Waals surface area contributed by atoms with Crippen LogP contribution in [0.15, 0.2) is 6.20 Å². The van der Waals surface area contributed by atoms with Gasteiger partial charge in [-0.15, -0.1) is 0 Å². The molecule has 0 aliphatic rings. The second-order valence-electron chi connectivity index (χ2n) is 5.03. The molecule has 15 heavy (non-hydrogen) atoms. The molecule has 3 heteroatoms. The zero-order chi connectivity index (χ0) is 11.5. The highest BCUT2D eigenvalue weighted by Crippen LogP contribution is 2.26. The standard InChI is InChI=1S/C12H23N3/c1-5-8-15-11(12(2,3)4)10(6-7-13)9-14-15/h9H,5-8,13H2,1-4H3. The van der Waals surface area contributed by atoms with Crippen molar-refractivity contribution >= 4 is 0 Å². The first-order valence-corrected chi connectivity index (χ1v) is 5.76. The Morgan fingerprint density at radius 1 is 1.40 bits per heavy atom. The molecule has 0 fully saturated rings. The van der Waals surface area contributed by atoms with Gasteiger partial charge in [0.25, 0.3) is 0 Å². The predicted octanol–water partition coefficient (Wildman–Crippen LogP) is 2.09. The van der Waals surface area contributed by atoms with E-state index in [0.717, 1.165) is 19.4 Å². The number of aromatic nitrogens is 2. The van der Waals surface area contributed by atoms with Gasteiger partial charge in [-0.1, -0.05) is 27.7 Å². The second-order valence-corrected chi connectivity index (χ2v) is 5.03. The molecule has 0 atom stereocenters. The van der Waals surface area contributed by atoms with Gasteiger partial charge >= 0.3 is 0 Å². The molecule has 1 rings (SSSR count). The number of nitrogens with two attached hydrogens (primary N) is 1. The highest BCUT2D eigenvalue weighted by atomic mass is 15.3. The molecule has 0 spiro atoms. The Bertz CT molecular complexity index is 284. The maximum absolute atomic E-state index is 5.62. The van der Waals surface area contributed by atoms with E-state index >= 15 is 0 Å². The molecule has 86 valence electrons. The van der Waals surface area contributed by atoms with Gasteiger partial charge in [0, 0.05) is 17.7 Å². The maximum Gasteiger partial charge on any atom is 0.0525 e. The van der Waals surface area contributed by atoms with Gasteiger partial charge < -0.3 is 5.73 Å². The van der Waals surface area contributed by atoms with E-state index < -0.39 is 0 Å². The first kappa shape index (κ1) is 12.2. The zero-order valence-electron chi connectivity index (χ0n) is 10.4. The maximum atomic E-state index is 5.62. The molecule has 0 bridgehead atoms. The molecule has 1 aromatic rings. The topological polar surface area (TPSA) is 43.8 Å². The van der Waals surface area contributed by atoms with Gasteiger partial charge in [-0.25, -0.2) is 0 Å². The first-order valence-electron chi connectivity index (χ1n) is 5.76. The Balaban J connectivity index is 3.08. The molecule has 0 aromatic carbocycles. The van der Waals surface area contributed by atoms with E-state index in [2.05, 4.69) is 37.5 Å². The number of hydrogen-bond donors (Lipinski definition) is 1. The number of rotatable bonds is 4. The van der Waals surface area contributed by atoms with Crippen LogP contribution in [-0.2, 0) is 18.4 Å². The lowest BCUT2D eigenvalue weighted by Crippen LogP contribution is -2.21. The summed E-state index contributed by atoms with van der Waals surface area (Å²) in [5.74, 6) is 0. The molecular formula is C12H23N3. The third-order valence-corrected chi connectivity index (χ3v) is 2.47. The Morgan fingerprint density at radius 3 is 2.53 bits per heavy atom. The molecule has 1 heterocycles. The number of aryl methyl sites for hydroxylation is 1. The van der Waals surface area contributed by atoms with Gasteiger partial charge in [-0.05, 0) is 24.9 Å². The Kier molecular flexibility index (Phi) is 3.91. The van der Waals surface area contributed by atoms with E-state index in [9.17, 15) is 0 Å². The van der Waals surface area contributed by atoms with Gasteiger partial charge in [0.1, 0.15) is 0 Å². The van der Waals surface area contributed by atoms with Crippen molar-refractivity contribution in [2.45, 2.75) is 52.5 Å². The molecule has 0 aliphatic carbocycles. The minimum Gasteiger partial charge on any atom is -0.330 e. The van der Waals surface area contributed by atoms with E-state index in [1.807, 2.05) is 6.20 Å². The van der Waals surface area contributed by atoms with Crippen LogP contribution in [-0.4, -0.2) is 16.3 Å². The fourth-order valence-corrected chi connectivity index (χ4v) is 2.01. The summed E-state index contributed by atoms with van der Waals surface area (Å²) < 4.78 is 2.13. The third-order valence-electron chi connectivity index (χ3n) is 2.47. The van der Waals surface area contributed by atoms with Crippen LogP contribution in [0, 0.1) is 0 Å². The summed E-state index contributed by atoms with van der Waals surface area (Å²) >= 11 is 0. The molecule has 0 aliphatic heterocycles. The van der Waals surface area contributed by atoms with Crippen LogP contribution >= 0.6 is 0 Å². The molecule has 0 amide bonds. The van der Waals surface area contributed by atoms with E-state index in [1.54, 1.807) is 0 Å². The van der Waals surface area contributed by atoms with Crippen LogP contribution in [0.1, 0.15) is 45.4 Å². The largest absolute Gasteiger partial charge is 0.330 e. The van der Waals surface area contributed by atoms with Crippen molar-refractivity contribution in [2.24, 2.45) is 5.73 Å². The fraction of sp³-hybridized carbons (Fsp3) is 0.750. The monoisotopic (exact) mass is 209 g/mol. The minimum absolute atomic E-state index is 0.149.